The maximum absolute atomic E-state index is 12.0. The minimum Gasteiger partial charge on any atom is -0.465 e. The second-order valence-electron chi connectivity index (χ2n) is 5.79. The van der Waals surface area contributed by atoms with Crippen LogP contribution in [0.1, 0.15) is 15.9 Å². The molecule has 0 amide bonds. The Hall–Kier alpha value is -3.81. The highest BCUT2D eigenvalue weighted by atomic mass is 16.5. The van der Waals surface area contributed by atoms with E-state index in [0.717, 1.165) is 5.56 Å². The molecule has 0 unspecified atom stereocenters. The van der Waals surface area contributed by atoms with E-state index in [1.54, 1.807) is 22.9 Å². The van der Waals surface area contributed by atoms with E-state index in [4.69, 9.17) is 4.74 Å². The third-order valence-electron chi connectivity index (χ3n) is 4.06. The number of carbonyl (C=O) groups excluding carboxylic acids is 1. The Morgan fingerprint density at radius 1 is 1.07 bits per heavy atom. The molecule has 4 aromatic rings. The van der Waals surface area contributed by atoms with Crippen molar-refractivity contribution in [2.75, 3.05) is 12.4 Å². The molecule has 0 fully saturated rings. The van der Waals surface area contributed by atoms with E-state index in [2.05, 4.69) is 25.6 Å². The summed E-state index contributed by atoms with van der Waals surface area (Å²) >= 11 is 0. The van der Waals surface area contributed by atoms with Gasteiger partial charge in [-0.1, -0.05) is 47.7 Å². The summed E-state index contributed by atoms with van der Waals surface area (Å²) in [5.74, 6) is 0.0341. The first-order valence-corrected chi connectivity index (χ1v) is 8.29. The molecule has 0 aliphatic carbocycles. The van der Waals surface area contributed by atoms with E-state index in [-0.39, 0.29) is 0 Å². The molecule has 0 aliphatic rings. The molecule has 0 saturated heterocycles. The number of methoxy groups -OCH3 is 1. The molecule has 27 heavy (non-hydrogen) atoms. The number of hydrogen-bond acceptors (Lipinski definition) is 7. The fraction of sp³-hybridized carbons (Fsp3) is 0.105. The Morgan fingerprint density at radius 3 is 2.67 bits per heavy atom. The lowest BCUT2D eigenvalue weighted by atomic mass is 10.2. The van der Waals surface area contributed by atoms with Gasteiger partial charge in [0.2, 0.25) is 0 Å². The zero-order valence-electron chi connectivity index (χ0n) is 14.5. The van der Waals surface area contributed by atoms with Crippen molar-refractivity contribution >= 4 is 28.6 Å². The number of fused-ring (bicyclic) bond motifs is 1. The Balaban J connectivity index is 1.69. The van der Waals surface area contributed by atoms with Crippen LogP contribution in [0, 0.1) is 0 Å². The van der Waals surface area contributed by atoms with Gasteiger partial charge >= 0.3 is 5.97 Å². The number of benzene rings is 2. The van der Waals surface area contributed by atoms with E-state index in [1.165, 1.54) is 13.4 Å². The van der Waals surface area contributed by atoms with Crippen molar-refractivity contribution in [3.05, 3.63) is 72.1 Å². The first-order chi connectivity index (χ1) is 13.3. The van der Waals surface area contributed by atoms with Crippen LogP contribution in [0.2, 0.25) is 0 Å². The number of carbonyl (C=O) groups is 1. The van der Waals surface area contributed by atoms with Crippen LogP contribution in [0.15, 0.2) is 60.9 Å². The summed E-state index contributed by atoms with van der Waals surface area (Å²) in [6.07, 6.45) is 1.44. The lowest BCUT2D eigenvalue weighted by molar-refractivity contribution is 0.0602. The van der Waals surface area contributed by atoms with Crippen molar-refractivity contribution in [2.24, 2.45) is 0 Å². The summed E-state index contributed by atoms with van der Waals surface area (Å²) in [4.78, 5) is 20.5. The number of hydrogen-bond donors (Lipinski definition) is 1. The van der Waals surface area contributed by atoms with Crippen molar-refractivity contribution in [1.29, 1.82) is 0 Å². The van der Waals surface area contributed by atoms with Crippen molar-refractivity contribution in [1.82, 2.24) is 25.0 Å². The number of anilines is 2. The molecule has 0 saturated carbocycles. The number of para-hydroxylation sites is 1. The van der Waals surface area contributed by atoms with Crippen molar-refractivity contribution in [3.63, 3.8) is 0 Å². The fourth-order valence-electron chi connectivity index (χ4n) is 2.75. The molecule has 2 aromatic carbocycles. The third kappa shape index (κ3) is 3.32. The summed E-state index contributed by atoms with van der Waals surface area (Å²) in [6.45, 7) is 0.548. The molecular weight excluding hydrogens is 344 g/mol. The molecule has 2 heterocycles. The van der Waals surface area contributed by atoms with Crippen LogP contribution in [-0.2, 0) is 11.3 Å². The average molecular weight is 360 g/mol. The maximum Gasteiger partial charge on any atom is 0.339 e. The molecule has 1 N–H and O–H groups in total. The second-order valence-corrected chi connectivity index (χ2v) is 5.79. The summed E-state index contributed by atoms with van der Waals surface area (Å²) in [5, 5.41) is 11.6. The van der Waals surface area contributed by atoms with Gasteiger partial charge in [0.1, 0.15) is 6.33 Å². The molecule has 0 bridgehead atoms. The molecule has 8 heteroatoms. The zero-order valence-corrected chi connectivity index (χ0v) is 14.5. The van der Waals surface area contributed by atoms with Crippen molar-refractivity contribution in [2.45, 2.75) is 6.54 Å². The Kier molecular flexibility index (Phi) is 4.44. The lowest BCUT2D eigenvalue weighted by Crippen LogP contribution is -2.06. The van der Waals surface area contributed by atoms with Gasteiger partial charge in [-0.3, -0.25) is 0 Å². The quantitative estimate of drug-likeness (QED) is 0.547. The molecule has 0 radical (unpaired) electrons. The van der Waals surface area contributed by atoms with Gasteiger partial charge in [-0.05, 0) is 17.7 Å². The summed E-state index contributed by atoms with van der Waals surface area (Å²) in [6, 6.07) is 17.0. The monoisotopic (exact) mass is 360 g/mol. The highest BCUT2D eigenvalue weighted by Crippen LogP contribution is 2.24. The van der Waals surface area contributed by atoms with Gasteiger partial charge in [0, 0.05) is 0 Å². The zero-order chi connectivity index (χ0) is 18.6. The van der Waals surface area contributed by atoms with Crippen LogP contribution in [0.25, 0.3) is 11.2 Å². The Labute approximate surface area is 154 Å². The first kappa shape index (κ1) is 16.6. The Morgan fingerprint density at radius 2 is 1.85 bits per heavy atom. The van der Waals surface area contributed by atoms with E-state index < -0.39 is 5.97 Å². The van der Waals surface area contributed by atoms with E-state index >= 15 is 0 Å². The van der Waals surface area contributed by atoms with Gasteiger partial charge in [0.05, 0.1) is 24.9 Å². The minimum absolute atomic E-state index is 0.406. The minimum atomic E-state index is -0.434. The van der Waals surface area contributed by atoms with Crippen LogP contribution in [0.4, 0.5) is 11.5 Å². The smallest absolute Gasteiger partial charge is 0.339 e. The van der Waals surface area contributed by atoms with E-state index in [9.17, 15) is 4.79 Å². The topological polar surface area (TPSA) is 94.8 Å². The van der Waals surface area contributed by atoms with Crippen LogP contribution in [0.5, 0.6) is 0 Å². The molecule has 0 aliphatic heterocycles. The molecular formula is C19H16N6O2. The first-order valence-electron chi connectivity index (χ1n) is 8.29. The highest BCUT2D eigenvalue weighted by Gasteiger charge is 2.16. The number of ether oxygens (including phenoxy) is 1. The number of aromatic nitrogens is 5. The largest absolute Gasteiger partial charge is 0.465 e. The lowest BCUT2D eigenvalue weighted by Gasteiger charge is -2.10. The number of rotatable bonds is 5. The second kappa shape index (κ2) is 7.20. The molecule has 8 nitrogen and oxygen atoms in total. The third-order valence-corrected chi connectivity index (χ3v) is 4.06. The van der Waals surface area contributed by atoms with Gasteiger partial charge in [0.15, 0.2) is 17.0 Å². The van der Waals surface area contributed by atoms with E-state index in [0.29, 0.717) is 34.8 Å². The van der Waals surface area contributed by atoms with Gasteiger partial charge in [0.25, 0.3) is 0 Å². The molecule has 2 aromatic heterocycles. The maximum atomic E-state index is 12.0. The standard InChI is InChI=1S/C19H16N6O2/c1-27-19(26)14-9-5-6-10-15(14)22-17-16-18(21-12-20-17)25(24-23-16)11-13-7-3-2-4-8-13/h2-10,12H,11H2,1H3,(H,20,21,22). The van der Waals surface area contributed by atoms with Gasteiger partial charge in [-0.25, -0.2) is 19.4 Å². The predicted molar refractivity (Wildman–Crippen MR) is 99.7 cm³/mol. The summed E-state index contributed by atoms with van der Waals surface area (Å²) in [7, 11) is 1.34. The van der Waals surface area contributed by atoms with Crippen LogP contribution in [0.3, 0.4) is 0 Å². The normalized spacial score (nSPS) is 10.7. The molecule has 4 rings (SSSR count). The number of nitrogens with zero attached hydrogens (tertiary/aromatic N) is 5. The molecule has 134 valence electrons. The van der Waals surface area contributed by atoms with Crippen LogP contribution >= 0.6 is 0 Å². The SMILES string of the molecule is COC(=O)c1ccccc1Nc1ncnc2c1nnn2Cc1ccccc1. The predicted octanol–water partition coefficient (Wildman–Crippen LogP) is 2.80. The fourth-order valence-corrected chi connectivity index (χ4v) is 2.75. The van der Waals surface area contributed by atoms with Gasteiger partial charge in [-0.2, -0.15) is 0 Å². The van der Waals surface area contributed by atoms with Crippen LogP contribution in [-0.4, -0.2) is 38.0 Å². The Bertz CT molecular complexity index is 1090. The van der Waals surface area contributed by atoms with Crippen LogP contribution < -0.4 is 5.32 Å². The molecule has 0 spiro atoms. The number of esters is 1. The summed E-state index contributed by atoms with van der Waals surface area (Å²) < 4.78 is 6.54. The van der Waals surface area contributed by atoms with Gasteiger partial charge in [-0.15, -0.1) is 5.10 Å². The van der Waals surface area contributed by atoms with E-state index in [1.807, 2.05) is 36.4 Å². The highest BCUT2D eigenvalue weighted by molar-refractivity contribution is 5.97. The number of nitrogens with one attached hydrogen (secondary N) is 1. The molecule has 0 atom stereocenters. The van der Waals surface area contributed by atoms with Crippen molar-refractivity contribution in [3.8, 4) is 0 Å². The van der Waals surface area contributed by atoms with Crippen molar-refractivity contribution < 1.29 is 9.53 Å². The average Bonchev–Trinajstić information content (AvgIpc) is 3.12. The van der Waals surface area contributed by atoms with Gasteiger partial charge < -0.3 is 10.1 Å². The summed E-state index contributed by atoms with van der Waals surface area (Å²) in [5.41, 5.74) is 3.19.